The van der Waals surface area contributed by atoms with Crippen molar-refractivity contribution in [2.45, 2.75) is 32.6 Å². The van der Waals surface area contributed by atoms with E-state index in [1.54, 1.807) is 12.1 Å². The minimum Gasteiger partial charge on any atom is -0.484 e. The van der Waals surface area contributed by atoms with Crippen molar-refractivity contribution in [3.63, 3.8) is 0 Å². The number of hydrogen-bond donors (Lipinski definition) is 2. The number of alkyl halides is 3. The highest BCUT2D eigenvalue weighted by molar-refractivity contribution is 5.81. The van der Waals surface area contributed by atoms with Gasteiger partial charge < -0.3 is 15.8 Å². The summed E-state index contributed by atoms with van der Waals surface area (Å²) in [7, 11) is 0. The fraction of sp³-hybridized carbons (Fsp3) is 0.500. The van der Waals surface area contributed by atoms with Crippen LogP contribution in [0, 0.1) is 5.92 Å². The van der Waals surface area contributed by atoms with E-state index >= 15 is 0 Å². The number of benzene rings is 1. The summed E-state index contributed by atoms with van der Waals surface area (Å²) < 4.78 is 40.5. The van der Waals surface area contributed by atoms with Crippen LogP contribution >= 0.6 is 0 Å². The number of carbonyl (C=O) groups excluding carboxylic acids is 1. The van der Waals surface area contributed by atoms with Crippen LogP contribution in [0.25, 0.3) is 0 Å². The van der Waals surface area contributed by atoms with Crippen molar-refractivity contribution in [3.05, 3.63) is 29.8 Å². The molecule has 0 spiro atoms. The van der Waals surface area contributed by atoms with Gasteiger partial charge in [0.1, 0.15) is 5.75 Å². The Balaban J connectivity index is 2.46. The summed E-state index contributed by atoms with van der Waals surface area (Å²) >= 11 is 0. The molecule has 118 valence electrons. The van der Waals surface area contributed by atoms with Crippen LogP contribution in [-0.4, -0.2) is 24.7 Å². The smallest absolute Gasteiger partial charge is 0.422 e. The summed E-state index contributed by atoms with van der Waals surface area (Å²) in [6.45, 7) is 2.62. The summed E-state index contributed by atoms with van der Waals surface area (Å²) in [4.78, 5) is 11.7. The Labute approximate surface area is 121 Å². The molecule has 0 saturated heterocycles. The van der Waals surface area contributed by atoms with E-state index in [4.69, 9.17) is 5.73 Å². The maximum Gasteiger partial charge on any atom is 0.422 e. The lowest BCUT2D eigenvalue weighted by molar-refractivity contribution is -0.153. The molecule has 0 bridgehead atoms. The van der Waals surface area contributed by atoms with Crippen molar-refractivity contribution >= 4 is 5.91 Å². The van der Waals surface area contributed by atoms with Gasteiger partial charge in [0.25, 0.3) is 0 Å². The normalized spacial score (nSPS) is 13.1. The van der Waals surface area contributed by atoms with Crippen molar-refractivity contribution < 1.29 is 22.7 Å². The predicted octanol–water partition coefficient (Wildman–Crippen LogP) is 2.23. The number of carbonyl (C=O) groups is 1. The lowest BCUT2D eigenvalue weighted by atomic mass is 10.0. The Morgan fingerprint density at radius 1 is 1.29 bits per heavy atom. The van der Waals surface area contributed by atoms with E-state index in [1.165, 1.54) is 12.1 Å². The topological polar surface area (TPSA) is 64.4 Å². The zero-order chi connectivity index (χ0) is 16.0. The van der Waals surface area contributed by atoms with Crippen LogP contribution in [0.1, 0.15) is 19.4 Å². The second kappa shape index (κ2) is 7.31. The Morgan fingerprint density at radius 2 is 1.86 bits per heavy atom. The fourth-order valence-electron chi connectivity index (χ4n) is 1.48. The number of nitrogens with two attached hydrogens (primary N) is 1. The van der Waals surface area contributed by atoms with Gasteiger partial charge in [-0.15, -0.1) is 0 Å². The standard InChI is InChI=1S/C14H19F3N2O2/c1-9(2)12(18)13(20)19-7-10-3-5-11(6-4-10)21-8-14(15,16)17/h3-6,9,12H,7-8,18H2,1-2H3,(H,19,20). The molecule has 0 aliphatic heterocycles. The summed E-state index contributed by atoms with van der Waals surface area (Å²) in [5, 5.41) is 2.67. The van der Waals surface area contributed by atoms with Gasteiger partial charge in [0.05, 0.1) is 6.04 Å². The number of nitrogens with one attached hydrogen (secondary N) is 1. The van der Waals surface area contributed by atoms with Crippen LogP contribution < -0.4 is 15.8 Å². The first-order chi connectivity index (χ1) is 9.69. The lowest BCUT2D eigenvalue weighted by Gasteiger charge is -2.15. The van der Waals surface area contributed by atoms with Crippen molar-refractivity contribution in [3.8, 4) is 5.75 Å². The number of hydrogen-bond acceptors (Lipinski definition) is 3. The van der Waals surface area contributed by atoms with E-state index in [1.807, 2.05) is 13.8 Å². The SMILES string of the molecule is CC(C)C(N)C(=O)NCc1ccc(OCC(F)(F)F)cc1. The molecule has 1 aromatic rings. The lowest BCUT2D eigenvalue weighted by Crippen LogP contribution is -2.43. The van der Waals surface area contributed by atoms with Gasteiger partial charge in [0, 0.05) is 6.54 Å². The molecule has 0 saturated carbocycles. The summed E-state index contributed by atoms with van der Waals surface area (Å²) in [5.74, 6) is -0.105. The highest BCUT2D eigenvalue weighted by Gasteiger charge is 2.28. The molecule has 0 aromatic heterocycles. The van der Waals surface area contributed by atoms with Gasteiger partial charge in [0.2, 0.25) is 5.91 Å². The van der Waals surface area contributed by atoms with Crippen molar-refractivity contribution in [1.82, 2.24) is 5.32 Å². The van der Waals surface area contributed by atoms with Crippen molar-refractivity contribution in [2.24, 2.45) is 11.7 Å². The second-order valence-electron chi connectivity index (χ2n) is 5.04. The summed E-state index contributed by atoms with van der Waals surface area (Å²) in [6, 6.07) is 5.45. The molecule has 0 heterocycles. The number of ether oxygens (including phenoxy) is 1. The zero-order valence-electron chi connectivity index (χ0n) is 11.9. The molecule has 7 heteroatoms. The summed E-state index contributed by atoms with van der Waals surface area (Å²) in [5.41, 5.74) is 6.44. The van der Waals surface area contributed by atoms with Gasteiger partial charge in [0.15, 0.2) is 6.61 Å². The molecule has 21 heavy (non-hydrogen) atoms. The molecule has 0 radical (unpaired) electrons. The third kappa shape index (κ3) is 6.48. The zero-order valence-corrected chi connectivity index (χ0v) is 11.9. The van der Waals surface area contributed by atoms with Gasteiger partial charge in [-0.05, 0) is 23.6 Å². The Hall–Kier alpha value is -1.76. The van der Waals surface area contributed by atoms with E-state index in [-0.39, 0.29) is 24.1 Å². The Bertz CT molecular complexity index is 458. The Morgan fingerprint density at radius 3 is 2.33 bits per heavy atom. The molecule has 0 aliphatic carbocycles. The van der Waals surface area contributed by atoms with Crippen LogP contribution in [0.15, 0.2) is 24.3 Å². The van der Waals surface area contributed by atoms with Crippen LogP contribution in [-0.2, 0) is 11.3 Å². The van der Waals surface area contributed by atoms with Gasteiger partial charge in [-0.1, -0.05) is 26.0 Å². The fourth-order valence-corrected chi connectivity index (χ4v) is 1.48. The quantitative estimate of drug-likeness (QED) is 0.847. The molecule has 1 atom stereocenters. The third-order valence-corrected chi connectivity index (χ3v) is 2.81. The average Bonchev–Trinajstić information content (AvgIpc) is 2.41. The Kier molecular flexibility index (Phi) is 6.02. The van der Waals surface area contributed by atoms with E-state index < -0.39 is 18.8 Å². The van der Waals surface area contributed by atoms with Crippen LogP contribution in [0.3, 0.4) is 0 Å². The molecular weight excluding hydrogens is 285 g/mol. The molecule has 0 fully saturated rings. The molecular formula is C14H19F3N2O2. The summed E-state index contributed by atoms with van der Waals surface area (Å²) in [6.07, 6.45) is -4.36. The van der Waals surface area contributed by atoms with E-state index in [0.717, 1.165) is 5.56 Å². The second-order valence-corrected chi connectivity index (χ2v) is 5.04. The van der Waals surface area contributed by atoms with Gasteiger partial charge >= 0.3 is 6.18 Å². The molecule has 3 N–H and O–H groups in total. The molecule has 1 rings (SSSR count). The minimum absolute atomic E-state index is 0.0307. The highest BCUT2D eigenvalue weighted by Crippen LogP contribution is 2.18. The van der Waals surface area contributed by atoms with Crippen molar-refractivity contribution in [1.29, 1.82) is 0 Å². The molecule has 4 nitrogen and oxygen atoms in total. The highest BCUT2D eigenvalue weighted by atomic mass is 19.4. The van der Waals surface area contributed by atoms with Gasteiger partial charge in [-0.2, -0.15) is 13.2 Å². The van der Waals surface area contributed by atoms with Crippen LogP contribution in [0.2, 0.25) is 0 Å². The molecule has 0 aliphatic rings. The van der Waals surface area contributed by atoms with E-state index in [2.05, 4.69) is 10.1 Å². The van der Waals surface area contributed by atoms with Gasteiger partial charge in [-0.25, -0.2) is 0 Å². The van der Waals surface area contributed by atoms with E-state index in [9.17, 15) is 18.0 Å². The van der Waals surface area contributed by atoms with Crippen molar-refractivity contribution in [2.75, 3.05) is 6.61 Å². The largest absolute Gasteiger partial charge is 0.484 e. The van der Waals surface area contributed by atoms with E-state index in [0.29, 0.717) is 0 Å². The molecule has 1 aromatic carbocycles. The number of amides is 1. The number of rotatable bonds is 6. The van der Waals surface area contributed by atoms with Gasteiger partial charge in [-0.3, -0.25) is 4.79 Å². The maximum atomic E-state index is 12.0. The first-order valence-electron chi connectivity index (χ1n) is 6.51. The minimum atomic E-state index is -4.36. The molecule has 1 unspecified atom stereocenters. The molecule has 1 amide bonds. The van der Waals surface area contributed by atoms with Crippen LogP contribution in [0.5, 0.6) is 5.75 Å². The average molecular weight is 304 g/mol. The third-order valence-electron chi connectivity index (χ3n) is 2.81. The predicted molar refractivity (Wildman–Crippen MR) is 72.7 cm³/mol. The first kappa shape index (κ1) is 17.3. The monoisotopic (exact) mass is 304 g/mol. The van der Waals surface area contributed by atoms with Crippen LogP contribution in [0.4, 0.5) is 13.2 Å². The maximum absolute atomic E-state index is 12.0. The first-order valence-corrected chi connectivity index (χ1v) is 6.51. The number of halogens is 3.